The van der Waals surface area contributed by atoms with Gasteiger partial charge in [0.1, 0.15) is 11.6 Å². The van der Waals surface area contributed by atoms with Crippen molar-refractivity contribution in [2.75, 3.05) is 68.9 Å². The molecule has 1 aromatic heterocycles. The largest absolute Gasteiger partial charge is 0.482 e. The summed E-state index contributed by atoms with van der Waals surface area (Å²) in [6.07, 6.45) is 0. The minimum absolute atomic E-state index is 0.0660. The van der Waals surface area contributed by atoms with Crippen LogP contribution in [0.5, 0.6) is 5.75 Å². The van der Waals surface area contributed by atoms with Gasteiger partial charge in [-0.2, -0.15) is 4.98 Å². The first-order valence-electron chi connectivity index (χ1n) is 10.3. The van der Waals surface area contributed by atoms with Crippen molar-refractivity contribution in [1.82, 2.24) is 14.9 Å². The van der Waals surface area contributed by atoms with Crippen LogP contribution in [0.1, 0.15) is 5.69 Å². The van der Waals surface area contributed by atoms with E-state index in [-0.39, 0.29) is 12.5 Å². The van der Waals surface area contributed by atoms with Crippen LogP contribution >= 0.6 is 23.2 Å². The number of hydrogen-bond donors (Lipinski definition) is 0. The number of aryl methyl sites for hydroxylation is 1. The molecule has 0 saturated carbocycles. The molecule has 1 aromatic carbocycles. The molecular weight excluding hydrogens is 441 g/mol. The van der Waals surface area contributed by atoms with Crippen molar-refractivity contribution < 1.29 is 14.3 Å². The third-order valence-corrected chi connectivity index (χ3v) is 5.85. The molecule has 3 heterocycles. The van der Waals surface area contributed by atoms with Gasteiger partial charge in [-0.15, -0.1) is 0 Å². The molecular formula is C21H25Cl2N5O3. The fourth-order valence-corrected chi connectivity index (χ4v) is 4.07. The lowest BCUT2D eigenvalue weighted by atomic mass is 10.3. The Balaban J connectivity index is 1.33. The molecule has 8 nitrogen and oxygen atoms in total. The van der Waals surface area contributed by atoms with Gasteiger partial charge in [0, 0.05) is 56.1 Å². The summed E-state index contributed by atoms with van der Waals surface area (Å²) >= 11 is 12.0. The first kappa shape index (κ1) is 21.9. The van der Waals surface area contributed by atoms with Crippen molar-refractivity contribution in [3.8, 4) is 5.75 Å². The molecule has 2 aliphatic heterocycles. The van der Waals surface area contributed by atoms with E-state index in [1.807, 2.05) is 13.0 Å². The van der Waals surface area contributed by atoms with Crippen molar-refractivity contribution in [3.63, 3.8) is 0 Å². The summed E-state index contributed by atoms with van der Waals surface area (Å²) in [5.74, 6) is 2.00. The zero-order valence-corrected chi connectivity index (χ0v) is 18.9. The van der Waals surface area contributed by atoms with E-state index < -0.39 is 0 Å². The zero-order valence-electron chi connectivity index (χ0n) is 17.4. The number of carbonyl (C=O) groups excluding carboxylic acids is 1. The second kappa shape index (κ2) is 9.89. The quantitative estimate of drug-likeness (QED) is 0.671. The molecule has 1 amide bonds. The molecule has 2 saturated heterocycles. The molecule has 166 valence electrons. The number of hydrogen-bond acceptors (Lipinski definition) is 7. The van der Waals surface area contributed by atoms with Gasteiger partial charge in [0.2, 0.25) is 5.95 Å². The van der Waals surface area contributed by atoms with Crippen molar-refractivity contribution >= 4 is 40.9 Å². The van der Waals surface area contributed by atoms with E-state index in [1.165, 1.54) is 0 Å². The lowest BCUT2D eigenvalue weighted by molar-refractivity contribution is -0.133. The Labute approximate surface area is 191 Å². The van der Waals surface area contributed by atoms with Crippen LogP contribution in [0.2, 0.25) is 10.0 Å². The summed E-state index contributed by atoms with van der Waals surface area (Å²) in [5, 5.41) is 0.910. The standard InChI is InChI=1S/C21H25Cl2N5O3/c1-15-12-19(26-8-10-30-11-9-26)25-21(24-15)28-6-4-27(5-7-28)20(29)14-31-18-3-2-16(22)13-17(18)23/h2-3,12-13H,4-11,14H2,1H3. The van der Waals surface area contributed by atoms with Crippen LogP contribution < -0.4 is 14.5 Å². The van der Waals surface area contributed by atoms with Crippen LogP contribution in [0.25, 0.3) is 0 Å². The number of aromatic nitrogens is 2. The Kier molecular flexibility index (Phi) is 6.99. The molecule has 0 spiro atoms. The molecule has 31 heavy (non-hydrogen) atoms. The van der Waals surface area contributed by atoms with Crippen LogP contribution in [0.15, 0.2) is 24.3 Å². The maximum Gasteiger partial charge on any atom is 0.260 e. The molecule has 0 N–H and O–H groups in total. The SMILES string of the molecule is Cc1cc(N2CCOCC2)nc(N2CCN(C(=O)COc3ccc(Cl)cc3Cl)CC2)n1. The number of carbonyl (C=O) groups is 1. The average molecular weight is 466 g/mol. The molecule has 0 bridgehead atoms. The van der Waals surface area contributed by atoms with Gasteiger partial charge in [-0.3, -0.25) is 4.79 Å². The predicted molar refractivity (Wildman–Crippen MR) is 121 cm³/mol. The van der Waals surface area contributed by atoms with E-state index in [0.717, 1.165) is 24.6 Å². The zero-order chi connectivity index (χ0) is 21.8. The molecule has 4 rings (SSSR count). The first-order chi connectivity index (χ1) is 15.0. The summed E-state index contributed by atoms with van der Waals surface area (Å²) in [6.45, 7) is 7.49. The summed E-state index contributed by atoms with van der Waals surface area (Å²) in [5.41, 5.74) is 0.929. The number of nitrogens with zero attached hydrogens (tertiary/aromatic N) is 5. The number of ether oxygens (including phenoxy) is 2. The van der Waals surface area contributed by atoms with Gasteiger partial charge in [-0.05, 0) is 25.1 Å². The normalized spacial score (nSPS) is 17.1. The summed E-state index contributed by atoms with van der Waals surface area (Å²) in [7, 11) is 0. The molecule has 0 atom stereocenters. The van der Waals surface area contributed by atoms with Gasteiger partial charge in [-0.25, -0.2) is 4.98 Å². The van der Waals surface area contributed by atoms with Gasteiger partial charge in [0.15, 0.2) is 6.61 Å². The smallest absolute Gasteiger partial charge is 0.260 e. The molecule has 2 aromatic rings. The lowest BCUT2D eigenvalue weighted by Crippen LogP contribution is -2.50. The predicted octanol–water partition coefficient (Wildman–Crippen LogP) is 2.66. The monoisotopic (exact) mass is 465 g/mol. The van der Waals surface area contributed by atoms with Gasteiger partial charge < -0.3 is 24.2 Å². The molecule has 2 fully saturated rings. The fourth-order valence-electron chi connectivity index (χ4n) is 3.61. The van der Waals surface area contributed by atoms with Crippen LogP contribution in [0.3, 0.4) is 0 Å². The van der Waals surface area contributed by atoms with E-state index in [2.05, 4.69) is 14.8 Å². The molecule has 10 heteroatoms. The van der Waals surface area contributed by atoms with E-state index in [1.54, 1.807) is 23.1 Å². The highest BCUT2D eigenvalue weighted by molar-refractivity contribution is 6.35. The van der Waals surface area contributed by atoms with E-state index in [4.69, 9.17) is 37.7 Å². The Hall–Kier alpha value is -2.29. The van der Waals surface area contributed by atoms with Crippen LogP contribution in [-0.4, -0.2) is 79.9 Å². The Morgan fingerprint density at radius 3 is 2.48 bits per heavy atom. The van der Waals surface area contributed by atoms with Crippen LogP contribution in [-0.2, 0) is 9.53 Å². The summed E-state index contributed by atoms with van der Waals surface area (Å²) in [6, 6.07) is 6.94. The van der Waals surface area contributed by atoms with Crippen LogP contribution in [0.4, 0.5) is 11.8 Å². The number of morpholine rings is 1. The molecule has 0 aliphatic carbocycles. The Morgan fingerprint density at radius 2 is 1.77 bits per heavy atom. The number of piperazine rings is 1. The van der Waals surface area contributed by atoms with Crippen molar-refractivity contribution in [1.29, 1.82) is 0 Å². The Morgan fingerprint density at radius 1 is 1.03 bits per heavy atom. The van der Waals surface area contributed by atoms with Gasteiger partial charge >= 0.3 is 0 Å². The number of anilines is 2. The van der Waals surface area contributed by atoms with Crippen molar-refractivity contribution in [3.05, 3.63) is 40.0 Å². The fraction of sp³-hybridized carbons (Fsp3) is 0.476. The summed E-state index contributed by atoms with van der Waals surface area (Å²) < 4.78 is 11.0. The number of amides is 1. The minimum Gasteiger partial charge on any atom is -0.482 e. The highest BCUT2D eigenvalue weighted by Crippen LogP contribution is 2.27. The van der Waals surface area contributed by atoms with Gasteiger partial charge in [-0.1, -0.05) is 23.2 Å². The summed E-state index contributed by atoms with van der Waals surface area (Å²) in [4.78, 5) is 28.1. The maximum absolute atomic E-state index is 12.6. The second-order valence-corrected chi connectivity index (χ2v) is 8.34. The maximum atomic E-state index is 12.6. The third kappa shape index (κ3) is 5.50. The van der Waals surface area contributed by atoms with E-state index in [0.29, 0.717) is 61.1 Å². The highest BCUT2D eigenvalue weighted by atomic mass is 35.5. The van der Waals surface area contributed by atoms with E-state index in [9.17, 15) is 4.79 Å². The number of rotatable bonds is 5. The van der Waals surface area contributed by atoms with Crippen LogP contribution in [0, 0.1) is 6.92 Å². The highest BCUT2D eigenvalue weighted by Gasteiger charge is 2.24. The molecule has 0 unspecified atom stereocenters. The van der Waals surface area contributed by atoms with Crippen molar-refractivity contribution in [2.45, 2.75) is 6.92 Å². The van der Waals surface area contributed by atoms with E-state index >= 15 is 0 Å². The van der Waals surface area contributed by atoms with Gasteiger partial charge in [0.25, 0.3) is 5.91 Å². The Bertz CT molecular complexity index is 931. The minimum atomic E-state index is -0.0789. The van der Waals surface area contributed by atoms with Gasteiger partial charge in [0.05, 0.1) is 18.2 Å². The number of benzene rings is 1. The average Bonchev–Trinajstić information content (AvgIpc) is 2.78. The second-order valence-electron chi connectivity index (χ2n) is 7.50. The molecule has 0 radical (unpaired) electrons. The third-order valence-electron chi connectivity index (χ3n) is 5.32. The first-order valence-corrected chi connectivity index (χ1v) is 11.0. The van der Waals surface area contributed by atoms with Crippen molar-refractivity contribution in [2.24, 2.45) is 0 Å². The number of halogens is 2. The lowest BCUT2D eigenvalue weighted by Gasteiger charge is -2.35. The topological polar surface area (TPSA) is 71.0 Å². The molecule has 2 aliphatic rings.